The number of benzene rings is 1. The Balaban J connectivity index is 1.58. The molecule has 2 aromatic heterocycles. The van der Waals surface area contributed by atoms with Crippen molar-refractivity contribution in [1.29, 1.82) is 0 Å². The number of nitrogens with zero attached hydrogens (tertiary/aromatic N) is 3. The molecule has 6 nitrogen and oxygen atoms in total. The van der Waals surface area contributed by atoms with Crippen molar-refractivity contribution in [1.82, 2.24) is 19.7 Å². The average molecular weight is 337 g/mol. The first-order valence-corrected chi connectivity index (χ1v) is 8.77. The van der Waals surface area contributed by atoms with Crippen LogP contribution in [0.4, 0.5) is 0 Å². The summed E-state index contributed by atoms with van der Waals surface area (Å²) in [6, 6.07) is 8.02. The molecular formula is C19H23N5O. The van der Waals surface area contributed by atoms with Crippen molar-refractivity contribution >= 4 is 16.8 Å². The van der Waals surface area contributed by atoms with Crippen LogP contribution in [-0.4, -0.2) is 38.7 Å². The third-order valence-electron chi connectivity index (χ3n) is 5.01. The molecule has 1 aliphatic rings. The van der Waals surface area contributed by atoms with Crippen LogP contribution in [0.3, 0.4) is 0 Å². The molecule has 0 aliphatic carbocycles. The predicted molar refractivity (Wildman–Crippen MR) is 97.4 cm³/mol. The zero-order valence-corrected chi connectivity index (χ0v) is 14.4. The summed E-state index contributed by atoms with van der Waals surface area (Å²) in [6.45, 7) is 5.03. The van der Waals surface area contributed by atoms with Crippen LogP contribution in [0.2, 0.25) is 0 Å². The SMILES string of the molecule is CC1CN(C(=O)c2ccc3c(ccn3CCCN)c2)Cc2cn[nH]c21. The fourth-order valence-electron chi connectivity index (χ4n) is 3.69. The number of fused-ring (bicyclic) bond motifs is 2. The molecule has 1 amide bonds. The van der Waals surface area contributed by atoms with Crippen LogP contribution in [0, 0.1) is 0 Å². The lowest BCUT2D eigenvalue weighted by Gasteiger charge is -2.30. The van der Waals surface area contributed by atoms with Crippen molar-refractivity contribution in [3.8, 4) is 0 Å². The van der Waals surface area contributed by atoms with E-state index in [1.807, 2.05) is 29.3 Å². The van der Waals surface area contributed by atoms with Crippen LogP contribution in [-0.2, 0) is 13.1 Å². The molecule has 1 aromatic carbocycles. The van der Waals surface area contributed by atoms with Crippen LogP contribution in [0.1, 0.15) is 40.9 Å². The third-order valence-corrected chi connectivity index (χ3v) is 5.01. The Morgan fingerprint density at radius 3 is 3.12 bits per heavy atom. The van der Waals surface area contributed by atoms with Gasteiger partial charge in [0.2, 0.25) is 0 Å². The summed E-state index contributed by atoms with van der Waals surface area (Å²) in [5.41, 5.74) is 9.75. The number of rotatable bonds is 4. The molecule has 1 aliphatic heterocycles. The van der Waals surface area contributed by atoms with E-state index in [9.17, 15) is 4.79 Å². The van der Waals surface area contributed by atoms with Gasteiger partial charge in [-0.05, 0) is 37.2 Å². The summed E-state index contributed by atoms with van der Waals surface area (Å²) in [5, 5.41) is 8.26. The highest BCUT2D eigenvalue weighted by Crippen LogP contribution is 2.27. The Morgan fingerprint density at radius 2 is 2.28 bits per heavy atom. The molecule has 0 spiro atoms. The first-order valence-electron chi connectivity index (χ1n) is 8.77. The summed E-state index contributed by atoms with van der Waals surface area (Å²) in [4.78, 5) is 14.9. The molecule has 0 fully saturated rings. The molecule has 1 atom stereocenters. The number of hydrogen-bond donors (Lipinski definition) is 2. The number of aromatic nitrogens is 3. The van der Waals surface area contributed by atoms with Gasteiger partial charge >= 0.3 is 0 Å². The van der Waals surface area contributed by atoms with Crippen molar-refractivity contribution in [3.63, 3.8) is 0 Å². The van der Waals surface area contributed by atoms with Crippen LogP contribution in [0.25, 0.3) is 10.9 Å². The van der Waals surface area contributed by atoms with Crippen molar-refractivity contribution in [2.75, 3.05) is 13.1 Å². The van der Waals surface area contributed by atoms with E-state index in [0.717, 1.165) is 40.7 Å². The highest BCUT2D eigenvalue weighted by atomic mass is 16.2. The van der Waals surface area contributed by atoms with E-state index in [1.54, 1.807) is 0 Å². The second-order valence-corrected chi connectivity index (χ2v) is 6.82. The number of aryl methyl sites for hydroxylation is 1. The van der Waals surface area contributed by atoms with Gasteiger partial charge in [-0.15, -0.1) is 0 Å². The van der Waals surface area contributed by atoms with Gasteiger partial charge in [0.05, 0.1) is 6.20 Å². The second kappa shape index (κ2) is 6.37. The first-order chi connectivity index (χ1) is 12.2. The van der Waals surface area contributed by atoms with Crippen molar-refractivity contribution < 1.29 is 4.79 Å². The molecule has 130 valence electrons. The zero-order chi connectivity index (χ0) is 17.4. The number of amides is 1. The van der Waals surface area contributed by atoms with E-state index in [2.05, 4.69) is 34.0 Å². The van der Waals surface area contributed by atoms with E-state index in [4.69, 9.17) is 5.73 Å². The Labute approximate surface area is 146 Å². The lowest BCUT2D eigenvalue weighted by molar-refractivity contribution is 0.0720. The van der Waals surface area contributed by atoms with E-state index >= 15 is 0 Å². The van der Waals surface area contributed by atoms with E-state index in [-0.39, 0.29) is 11.8 Å². The minimum atomic E-state index is 0.0790. The molecule has 25 heavy (non-hydrogen) atoms. The summed E-state index contributed by atoms with van der Waals surface area (Å²) in [7, 11) is 0. The maximum Gasteiger partial charge on any atom is 0.254 e. The number of H-pyrrole nitrogens is 1. The smallest absolute Gasteiger partial charge is 0.254 e. The normalized spacial score (nSPS) is 17.0. The molecule has 1 unspecified atom stereocenters. The monoisotopic (exact) mass is 337 g/mol. The van der Waals surface area contributed by atoms with Crippen molar-refractivity contribution in [3.05, 3.63) is 53.5 Å². The number of hydrogen-bond acceptors (Lipinski definition) is 3. The predicted octanol–water partition coefficient (Wildman–Crippen LogP) is 2.47. The van der Waals surface area contributed by atoms with Crippen molar-refractivity contribution in [2.45, 2.75) is 32.4 Å². The molecule has 6 heteroatoms. The fraction of sp³-hybridized carbons (Fsp3) is 0.368. The Hall–Kier alpha value is -2.60. The first kappa shape index (κ1) is 15.9. The van der Waals surface area contributed by atoms with Gasteiger partial charge in [-0.2, -0.15) is 5.10 Å². The molecule has 4 rings (SSSR count). The molecule has 3 aromatic rings. The molecule has 3 heterocycles. The second-order valence-electron chi connectivity index (χ2n) is 6.82. The largest absolute Gasteiger partial charge is 0.347 e. The van der Waals surface area contributed by atoms with Gasteiger partial charge in [0.15, 0.2) is 0 Å². The molecule has 3 N–H and O–H groups in total. The molecule has 0 saturated carbocycles. The molecular weight excluding hydrogens is 314 g/mol. The van der Waals surface area contributed by atoms with Gasteiger partial charge in [-0.3, -0.25) is 9.89 Å². The Bertz CT molecular complexity index is 910. The quantitative estimate of drug-likeness (QED) is 0.767. The van der Waals surface area contributed by atoms with Crippen LogP contribution < -0.4 is 5.73 Å². The maximum absolute atomic E-state index is 13.0. The van der Waals surface area contributed by atoms with Crippen LogP contribution in [0.15, 0.2) is 36.7 Å². The van der Waals surface area contributed by atoms with Crippen molar-refractivity contribution in [2.24, 2.45) is 5.73 Å². The van der Waals surface area contributed by atoms with Gasteiger partial charge in [0.1, 0.15) is 0 Å². The van der Waals surface area contributed by atoms with E-state index in [1.165, 1.54) is 0 Å². The maximum atomic E-state index is 13.0. The molecule has 0 radical (unpaired) electrons. The highest BCUT2D eigenvalue weighted by molar-refractivity contribution is 5.98. The minimum Gasteiger partial charge on any atom is -0.347 e. The lowest BCUT2D eigenvalue weighted by atomic mass is 9.97. The number of nitrogens with one attached hydrogen (secondary N) is 1. The number of carbonyl (C=O) groups excluding carboxylic acids is 1. The summed E-state index contributed by atoms with van der Waals surface area (Å²) >= 11 is 0. The standard InChI is InChI=1S/C19H23N5O/c1-13-11-24(12-16-10-21-22-18(13)16)19(25)15-3-4-17-14(9-15)5-8-23(17)7-2-6-20/h3-5,8-10,13H,2,6-7,11-12,20H2,1H3,(H,21,22). The van der Waals surface area contributed by atoms with Gasteiger partial charge < -0.3 is 15.2 Å². The van der Waals surface area contributed by atoms with Gasteiger partial charge in [0, 0.05) is 59.5 Å². The minimum absolute atomic E-state index is 0.0790. The Kier molecular flexibility index (Phi) is 4.05. The van der Waals surface area contributed by atoms with Gasteiger partial charge in [-0.1, -0.05) is 6.92 Å². The number of aromatic amines is 1. The van der Waals surface area contributed by atoms with Crippen LogP contribution >= 0.6 is 0 Å². The average Bonchev–Trinajstić information content (AvgIpc) is 3.25. The summed E-state index contributed by atoms with van der Waals surface area (Å²) in [6.07, 6.45) is 4.84. The van der Waals surface area contributed by atoms with E-state index < -0.39 is 0 Å². The fourth-order valence-corrected chi connectivity index (χ4v) is 3.69. The van der Waals surface area contributed by atoms with Gasteiger partial charge in [-0.25, -0.2) is 0 Å². The molecule has 0 saturated heterocycles. The van der Waals surface area contributed by atoms with Gasteiger partial charge in [0.25, 0.3) is 5.91 Å². The van der Waals surface area contributed by atoms with Crippen LogP contribution in [0.5, 0.6) is 0 Å². The summed E-state index contributed by atoms with van der Waals surface area (Å²) < 4.78 is 2.19. The van der Waals surface area contributed by atoms with E-state index in [0.29, 0.717) is 19.6 Å². The molecule has 0 bridgehead atoms. The Morgan fingerprint density at radius 1 is 1.40 bits per heavy atom. The highest BCUT2D eigenvalue weighted by Gasteiger charge is 2.27. The zero-order valence-electron chi connectivity index (χ0n) is 14.4. The third kappa shape index (κ3) is 2.82. The number of carbonyl (C=O) groups is 1. The topological polar surface area (TPSA) is 79.9 Å². The summed E-state index contributed by atoms with van der Waals surface area (Å²) in [5.74, 6) is 0.353. The lowest BCUT2D eigenvalue weighted by Crippen LogP contribution is -2.37. The number of nitrogens with two attached hydrogens (primary N) is 1.